The number of benzene rings is 1. The highest BCUT2D eigenvalue weighted by molar-refractivity contribution is 9.10. The molecule has 1 aliphatic rings. The Balaban J connectivity index is 1.97. The molecule has 1 fully saturated rings. The number of imidazole rings is 1. The predicted octanol–water partition coefficient (Wildman–Crippen LogP) is 3.01. The number of aromatic nitrogens is 2. The van der Waals surface area contributed by atoms with Crippen molar-refractivity contribution < 1.29 is 8.42 Å². The zero-order chi connectivity index (χ0) is 15.0. The van der Waals surface area contributed by atoms with Crippen LogP contribution in [0.2, 0.25) is 0 Å². The van der Waals surface area contributed by atoms with Crippen molar-refractivity contribution >= 4 is 48.4 Å². The van der Waals surface area contributed by atoms with Crippen LogP contribution in [0.15, 0.2) is 22.7 Å². The van der Waals surface area contributed by atoms with Gasteiger partial charge in [-0.15, -0.1) is 11.6 Å². The minimum Gasteiger partial charge on any atom is -0.328 e. The van der Waals surface area contributed by atoms with Crippen molar-refractivity contribution in [3.05, 3.63) is 28.5 Å². The molecule has 0 saturated carbocycles. The smallest absolute Gasteiger partial charge is 0.150 e. The topological polar surface area (TPSA) is 52.0 Å². The Labute approximate surface area is 137 Å². The Morgan fingerprint density at radius 3 is 2.90 bits per heavy atom. The van der Waals surface area contributed by atoms with Gasteiger partial charge in [-0.3, -0.25) is 0 Å². The van der Waals surface area contributed by atoms with Crippen molar-refractivity contribution in [2.75, 3.05) is 17.4 Å². The van der Waals surface area contributed by atoms with E-state index in [-0.39, 0.29) is 11.7 Å². The molecule has 0 bridgehead atoms. The molecule has 3 rings (SSSR count). The van der Waals surface area contributed by atoms with Crippen molar-refractivity contribution in [2.24, 2.45) is 5.92 Å². The van der Waals surface area contributed by atoms with Gasteiger partial charge in [0.15, 0.2) is 9.84 Å². The summed E-state index contributed by atoms with van der Waals surface area (Å²) in [7, 11) is -2.85. The molecule has 2 aromatic rings. The highest BCUT2D eigenvalue weighted by Crippen LogP contribution is 2.26. The first-order valence-corrected chi connectivity index (χ1v) is 10.0. The zero-order valence-corrected chi connectivity index (χ0v) is 14.6. The fourth-order valence-corrected chi connectivity index (χ4v) is 5.27. The van der Waals surface area contributed by atoms with Crippen molar-refractivity contribution in [3.63, 3.8) is 0 Å². The van der Waals surface area contributed by atoms with E-state index in [1.54, 1.807) is 0 Å². The first-order valence-electron chi connectivity index (χ1n) is 6.89. The summed E-state index contributed by atoms with van der Waals surface area (Å²) in [6, 6.07) is 5.99. The highest BCUT2D eigenvalue weighted by atomic mass is 79.9. The largest absolute Gasteiger partial charge is 0.328 e. The lowest BCUT2D eigenvalue weighted by atomic mass is 10.1. The molecule has 114 valence electrons. The van der Waals surface area contributed by atoms with E-state index in [0.717, 1.165) is 27.8 Å². The molecule has 21 heavy (non-hydrogen) atoms. The molecule has 0 N–H and O–H groups in total. The monoisotopic (exact) mass is 390 g/mol. The third-order valence-electron chi connectivity index (χ3n) is 3.87. The number of sulfone groups is 1. The summed E-state index contributed by atoms with van der Waals surface area (Å²) in [6.07, 6.45) is 1.42. The van der Waals surface area contributed by atoms with Gasteiger partial charge < -0.3 is 4.57 Å². The minimum atomic E-state index is -2.85. The number of halogens is 2. The lowest BCUT2D eigenvalue weighted by molar-refractivity contribution is 0.488. The molecular formula is C14H16BrClN2O2S. The highest BCUT2D eigenvalue weighted by Gasteiger charge is 2.29. The van der Waals surface area contributed by atoms with Crippen LogP contribution in [0.4, 0.5) is 0 Å². The average Bonchev–Trinajstić information content (AvgIpc) is 2.91. The summed E-state index contributed by atoms with van der Waals surface area (Å²) in [4.78, 5) is 4.64. The second-order valence-electron chi connectivity index (χ2n) is 5.48. The van der Waals surface area contributed by atoms with E-state index in [4.69, 9.17) is 11.6 Å². The van der Waals surface area contributed by atoms with E-state index in [1.165, 1.54) is 0 Å². The molecule has 4 nitrogen and oxygen atoms in total. The van der Waals surface area contributed by atoms with Crippen molar-refractivity contribution in [1.82, 2.24) is 9.55 Å². The molecule has 0 aliphatic carbocycles. The normalized spacial score (nSPS) is 21.1. The molecular weight excluding hydrogens is 376 g/mol. The van der Waals surface area contributed by atoms with Gasteiger partial charge in [-0.05, 0) is 30.5 Å². The van der Waals surface area contributed by atoms with Gasteiger partial charge in [0, 0.05) is 23.3 Å². The lowest BCUT2D eigenvalue weighted by Crippen LogP contribution is -2.15. The van der Waals surface area contributed by atoms with E-state index >= 15 is 0 Å². The van der Waals surface area contributed by atoms with Crippen LogP contribution in [0.25, 0.3) is 11.0 Å². The van der Waals surface area contributed by atoms with E-state index < -0.39 is 9.84 Å². The van der Waals surface area contributed by atoms with E-state index in [1.807, 2.05) is 18.2 Å². The van der Waals surface area contributed by atoms with Crippen LogP contribution in [-0.4, -0.2) is 35.4 Å². The molecule has 2 heterocycles. The van der Waals surface area contributed by atoms with Gasteiger partial charge in [0.2, 0.25) is 0 Å². The van der Waals surface area contributed by atoms with Crippen LogP contribution in [0, 0.1) is 5.92 Å². The van der Waals surface area contributed by atoms with Gasteiger partial charge in [-0.2, -0.15) is 0 Å². The summed E-state index contributed by atoms with van der Waals surface area (Å²) in [5, 5.41) is 0. The van der Waals surface area contributed by atoms with Gasteiger partial charge in [0.05, 0.1) is 22.5 Å². The number of hydrogen-bond acceptors (Lipinski definition) is 3. The molecule has 1 aromatic carbocycles. The Bertz CT molecular complexity index is 773. The van der Waals surface area contributed by atoms with Gasteiger partial charge in [-0.1, -0.05) is 15.9 Å². The number of alkyl halides is 1. The van der Waals surface area contributed by atoms with Crippen LogP contribution in [0.3, 0.4) is 0 Å². The summed E-state index contributed by atoms with van der Waals surface area (Å²) in [5.41, 5.74) is 1.97. The Hall–Kier alpha value is -0.590. The standard InChI is InChI=1S/C14H16BrClN2O2S/c15-11-1-2-13-12(7-11)17-14(3-5-16)18(13)8-10-4-6-21(19,20)9-10/h1-2,7,10H,3-6,8-9H2. The maximum absolute atomic E-state index is 11.6. The maximum atomic E-state index is 11.6. The van der Waals surface area contributed by atoms with Crippen LogP contribution in [0.1, 0.15) is 12.2 Å². The second-order valence-corrected chi connectivity index (χ2v) is 9.00. The Morgan fingerprint density at radius 1 is 1.43 bits per heavy atom. The number of nitrogens with zero attached hydrogens (tertiary/aromatic N) is 2. The fraction of sp³-hybridized carbons (Fsp3) is 0.500. The SMILES string of the molecule is O=S1(=O)CCC(Cn2c(CCCl)nc3cc(Br)ccc32)C1. The second kappa shape index (κ2) is 5.89. The summed E-state index contributed by atoms with van der Waals surface area (Å²) < 4.78 is 26.4. The predicted molar refractivity (Wildman–Crippen MR) is 88.6 cm³/mol. The molecule has 0 radical (unpaired) electrons. The Morgan fingerprint density at radius 2 is 2.24 bits per heavy atom. The van der Waals surface area contributed by atoms with Gasteiger partial charge in [-0.25, -0.2) is 13.4 Å². The molecule has 7 heteroatoms. The average molecular weight is 392 g/mol. The zero-order valence-electron chi connectivity index (χ0n) is 11.4. The molecule has 1 atom stereocenters. The molecule has 1 aliphatic heterocycles. The Kier molecular flexibility index (Phi) is 4.30. The quantitative estimate of drug-likeness (QED) is 0.753. The molecule has 0 spiro atoms. The molecule has 1 unspecified atom stereocenters. The number of aryl methyl sites for hydroxylation is 1. The van der Waals surface area contributed by atoms with Crippen molar-refractivity contribution in [2.45, 2.75) is 19.4 Å². The fourth-order valence-electron chi connectivity index (χ4n) is 2.91. The van der Waals surface area contributed by atoms with Crippen LogP contribution < -0.4 is 0 Å². The molecule has 1 saturated heterocycles. The van der Waals surface area contributed by atoms with E-state index in [9.17, 15) is 8.42 Å². The van der Waals surface area contributed by atoms with Crippen molar-refractivity contribution in [1.29, 1.82) is 0 Å². The summed E-state index contributed by atoms with van der Waals surface area (Å²) in [6.45, 7) is 0.698. The minimum absolute atomic E-state index is 0.171. The number of rotatable bonds is 4. The molecule has 1 aromatic heterocycles. The summed E-state index contributed by atoms with van der Waals surface area (Å²) >= 11 is 9.32. The van der Waals surface area contributed by atoms with Crippen molar-refractivity contribution in [3.8, 4) is 0 Å². The van der Waals surface area contributed by atoms with Crippen LogP contribution in [-0.2, 0) is 22.8 Å². The third-order valence-corrected chi connectivity index (χ3v) is 6.39. The van der Waals surface area contributed by atoms with E-state index in [2.05, 4.69) is 25.5 Å². The molecule has 0 amide bonds. The van der Waals surface area contributed by atoms with Crippen LogP contribution in [0.5, 0.6) is 0 Å². The number of hydrogen-bond donors (Lipinski definition) is 0. The number of fused-ring (bicyclic) bond motifs is 1. The van der Waals surface area contributed by atoms with Gasteiger partial charge in [0.25, 0.3) is 0 Å². The van der Waals surface area contributed by atoms with Crippen LogP contribution >= 0.6 is 27.5 Å². The maximum Gasteiger partial charge on any atom is 0.150 e. The van der Waals surface area contributed by atoms with E-state index in [0.29, 0.717) is 24.6 Å². The summed E-state index contributed by atoms with van der Waals surface area (Å²) in [5.74, 6) is 2.20. The van der Waals surface area contributed by atoms with Gasteiger partial charge in [0.1, 0.15) is 5.82 Å². The lowest BCUT2D eigenvalue weighted by Gasteiger charge is -2.13. The third kappa shape index (κ3) is 3.27. The first-order chi connectivity index (χ1) is 9.98. The first kappa shape index (κ1) is 15.3. The van der Waals surface area contributed by atoms with Gasteiger partial charge >= 0.3 is 0 Å².